The minimum absolute atomic E-state index is 0.258. The van der Waals surface area contributed by atoms with Gasteiger partial charge in [0.25, 0.3) is 0 Å². The molecule has 3 aromatic rings. The van der Waals surface area contributed by atoms with Gasteiger partial charge in [0, 0.05) is 22.0 Å². The second-order valence-corrected chi connectivity index (χ2v) is 12.7. The summed E-state index contributed by atoms with van der Waals surface area (Å²) in [6.45, 7) is 11.9. The molecule has 1 aliphatic rings. The monoisotopic (exact) mass is 584 g/mol. The predicted molar refractivity (Wildman–Crippen MR) is 151 cm³/mol. The lowest BCUT2D eigenvalue weighted by Crippen LogP contribution is -2.54. The number of hydrogen-bond donors (Lipinski definition) is 0. The minimum atomic E-state index is -0.686. The molecule has 2 amide bonds. The van der Waals surface area contributed by atoms with Gasteiger partial charge < -0.3 is 13.9 Å². The van der Waals surface area contributed by atoms with E-state index in [0.717, 1.165) is 33.0 Å². The fraction of sp³-hybridized carbons (Fsp3) is 0.467. The third-order valence-electron chi connectivity index (χ3n) is 6.33. The largest absolute Gasteiger partial charge is 0.464 e. The summed E-state index contributed by atoms with van der Waals surface area (Å²) >= 11 is 3.60. The van der Waals surface area contributed by atoms with E-state index in [9.17, 15) is 9.59 Å². The van der Waals surface area contributed by atoms with Crippen LogP contribution in [-0.2, 0) is 16.0 Å². The summed E-state index contributed by atoms with van der Waals surface area (Å²) in [5, 5.41) is 0.942. The van der Waals surface area contributed by atoms with Gasteiger partial charge in [0.15, 0.2) is 0 Å². The minimum Gasteiger partial charge on any atom is -0.464 e. The van der Waals surface area contributed by atoms with Crippen molar-refractivity contribution in [1.29, 1.82) is 0 Å². The Labute approximate surface area is 233 Å². The summed E-state index contributed by atoms with van der Waals surface area (Å²) < 4.78 is 18.4. The third-order valence-corrected chi connectivity index (χ3v) is 6.79. The fourth-order valence-corrected chi connectivity index (χ4v) is 5.46. The molecule has 2 aromatic carbocycles. The van der Waals surface area contributed by atoms with Crippen molar-refractivity contribution in [3.8, 4) is 0 Å². The fourth-order valence-electron chi connectivity index (χ4n) is 4.93. The number of benzene rings is 2. The number of piperidine rings is 1. The SMILES string of the molecule is CC(C)(C)OC(=O)N(Cc1cc(Br)cc2ccoc12)[C@H]1CCCN(C(=O)OC(C)(C)C)[C@H]1c1ccccc1. The van der Waals surface area contributed by atoms with Crippen LogP contribution in [0.3, 0.4) is 0 Å². The molecule has 2 heterocycles. The molecule has 0 bridgehead atoms. The van der Waals surface area contributed by atoms with E-state index < -0.39 is 29.4 Å². The highest BCUT2D eigenvalue weighted by Crippen LogP contribution is 2.38. The van der Waals surface area contributed by atoms with Gasteiger partial charge in [-0.2, -0.15) is 0 Å². The number of halogens is 1. The Balaban J connectivity index is 1.80. The predicted octanol–water partition coefficient (Wildman–Crippen LogP) is 8.07. The summed E-state index contributed by atoms with van der Waals surface area (Å²) in [5.74, 6) is 0. The van der Waals surface area contributed by atoms with Crippen LogP contribution < -0.4 is 0 Å². The highest BCUT2D eigenvalue weighted by Gasteiger charge is 2.43. The molecule has 2 atom stereocenters. The van der Waals surface area contributed by atoms with Gasteiger partial charge in [0.1, 0.15) is 16.8 Å². The van der Waals surface area contributed by atoms with Crippen LogP contribution in [0.5, 0.6) is 0 Å². The van der Waals surface area contributed by atoms with Crippen molar-refractivity contribution in [2.75, 3.05) is 6.54 Å². The topological polar surface area (TPSA) is 72.2 Å². The molecule has 0 radical (unpaired) electrons. The Bertz CT molecular complexity index is 1280. The standard InChI is InChI=1S/C30H37BrN2O5/c1-29(2,3)37-27(34)32-15-10-13-24(25(32)20-11-8-7-9-12-20)33(28(35)38-30(4,5)6)19-22-18-23(31)17-21-14-16-36-26(21)22/h7-9,11-12,14,16-18,24-25H,10,13,15,19H2,1-6H3/t24-,25-/m0/s1. The first-order chi connectivity index (χ1) is 17.8. The number of carbonyl (C=O) groups excluding carboxylic acids is 2. The van der Waals surface area contributed by atoms with E-state index in [-0.39, 0.29) is 12.6 Å². The van der Waals surface area contributed by atoms with E-state index in [0.29, 0.717) is 13.0 Å². The average Bonchev–Trinajstić information content (AvgIpc) is 3.29. The molecule has 0 aliphatic carbocycles. The van der Waals surface area contributed by atoms with Crippen molar-refractivity contribution in [2.45, 2.75) is 84.2 Å². The molecule has 204 valence electrons. The lowest BCUT2D eigenvalue weighted by Gasteiger charge is -2.46. The molecule has 1 aromatic heterocycles. The second-order valence-electron chi connectivity index (χ2n) is 11.8. The highest BCUT2D eigenvalue weighted by molar-refractivity contribution is 9.10. The third kappa shape index (κ3) is 6.70. The number of likely N-dealkylation sites (tertiary alicyclic amines) is 1. The smallest absolute Gasteiger partial charge is 0.410 e. The van der Waals surface area contributed by atoms with Crippen molar-refractivity contribution in [3.05, 3.63) is 70.4 Å². The van der Waals surface area contributed by atoms with Gasteiger partial charge in [-0.05, 0) is 78.1 Å². The zero-order chi connectivity index (χ0) is 27.7. The molecular weight excluding hydrogens is 548 g/mol. The molecule has 0 unspecified atom stereocenters. The molecule has 38 heavy (non-hydrogen) atoms. The van der Waals surface area contributed by atoms with Gasteiger partial charge in [-0.3, -0.25) is 9.80 Å². The number of fused-ring (bicyclic) bond motifs is 1. The van der Waals surface area contributed by atoms with Crippen LogP contribution in [0.15, 0.2) is 63.7 Å². The maximum Gasteiger partial charge on any atom is 0.410 e. The summed E-state index contributed by atoms with van der Waals surface area (Å²) in [7, 11) is 0. The number of rotatable bonds is 4. The molecule has 7 nitrogen and oxygen atoms in total. The summed E-state index contributed by atoms with van der Waals surface area (Å²) in [6.07, 6.45) is 2.25. The molecule has 1 aliphatic heterocycles. The summed E-state index contributed by atoms with van der Waals surface area (Å²) in [6, 6.07) is 14.9. The highest BCUT2D eigenvalue weighted by atomic mass is 79.9. The normalized spacial score (nSPS) is 18.3. The van der Waals surface area contributed by atoms with Gasteiger partial charge in [-0.15, -0.1) is 0 Å². The summed E-state index contributed by atoms with van der Waals surface area (Å²) in [5.41, 5.74) is 1.18. The summed E-state index contributed by atoms with van der Waals surface area (Å²) in [4.78, 5) is 30.8. The first kappa shape index (κ1) is 28.0. The molecular formula is C30H37BrN2O5. The maximum absolute atomic E-state index is 13.8. The number of amides is 2. The molecule has 0 spiro atoms. The van der Waals surface area contributed by atoms with Crippen LogP contribution in [0, 0.1) is 0 Å². The van der Waals surface area contributed by atoms with Crippen LogP contribution in [0.4, 0.5) is 9.59 Å². The molecule has 0 N–H and O–H groups in total. The zero-order valence-corrected chi connectivity index (χ0v) is 24.6. The molecule has 1 saturated heterocycles. The number of furan rings is 1. The lowest BCUT2D eigenvalue weighted by molar-refractivity contribution is -0.0262. The zero-order valence-electron chi connectivity index (χ0n) is 23.0. The number of nitrogens with zero attached hydrogens (tertiary/aromatic N) is 2. The van der Waals surface area contributed by atoms with Gasteiger partial charge in [0.05, 0.1) is 24.9 Å². The van der Waals surface area contributed by atoms with Gasteiger partial charge in [0.2, 0.25) is 0 Å². The van der Waals surface area contributed by atoms with Crippen molar-refractivity contribution in [3.63, 3.8) is 0 Å². The average molecular weight is 586 g/mol. The molecule has 4 rings (SSSR count). The Kier molecular flexibility index (Phi) is 8.12. The van der Waals surface area contributed by atoms with Crippen molar-refractivity contribution < 1.29 is 23.5 Å². The van der Waals surface area contributed by atoms with E-state index in [4.69, 9.17) is 13.9 Å². The Morgan fingerprint density at radius 2 is 1.71 bits per heavy atom. The molecule has 1 fully saturated rings. The van der Waals surface area contributed by atoms with Crippen molar-refractivity contribution >= 4 is 39.1 Å². The quantitative estimate of drug-likeness (QED) is 0.310. The number of carbonyl (C=O) groups is 2. The van der Waals surface area contributed by atoms with E-state index >= 15 is 0 Å². The van der Waals surface area contributed by atoms with Gasteiger partial charge in [-0.25, -0.2) is 9.59 Å². The van der Waals surface area contributed by atoms with E-state index in [1.807, 2.05) is 90.1 Å². The number of hydrogen-bond acceptors (Lipinski definition) is 5. The number of ether oxygens (including phenoxy) is 2. The second kappa shape index (κ2) is 11.0. The molecule has 0 saturated carbocycles. The van der Waals surface area contributed by atoms with Gasteiger partial charge in [-0.1, -0.05) is 46.3 Å². The van der Waals surface area contributed by atoms with E-state index in [1.165, 1.54) is 0 Å². The Morgan fingerprint density at radius 1 is 1.03 bits per heavy atom. The van der Waals surface area contributed by atoms with Gasteiger partial charge >= 0.3 is 12.2 Å². The van der Waals surface area contributed by atoms with E-state index in [2.05, 4.69) is 15.9 Å². The Hall–Kier alpha value is -3.00. The molecule has 8 heteroatoms. The first-order valence-electron chi connectivity index (χ1n) is 13.0. The van der Waals surface area contributed by atoms with E-state index in [1.54, 1.807) is 16.1 Å². The van der Waals surface area contributed by atoms with Crippen LogP contribution in [0.2, 0.25) is 0 Å². The van der Waals surface area contributed by atoms with Crippen LogP contribution in [0.25, 0.3) is 11.0 Å². The Morgan fingerprint density at radius 3 is 2.37 bits per heavy atom. The van der Waals surface area contributed by atoms with Crippen LogP contribution >= 0.6 is 15.9 Å². The maximum atomic E-state index is 13.8. The lowest BCUT2D eigenvalue weighted by atomic mass is 9.89. The van der Waals surface area contributed by atoms with Crippen molar-refractivity contribution in [1.82, 2.24) is 9.80 Å². The van der Waals surface area contributed by atoms with Crippen LogP contribution in [0.1, 0.15) is 71.6 Å². The van der Waals surface area contributed by atoms with Crippen molar-refractivity contribution in [2.24, 2.45) is 0 Å². The first-order valence-corrected chi connectivity index (χ1v) is 13.8. The van der Waals surface area contributed by atoms with Crippen LogP contribution in [-0.4, -0.2) is 45.8 Å².